The molecule has 0 amide bonds. The van der Waals surface area contributed by atoms with Crippen molar-refractivity contribution in [2.75, 3.05) is 5.32 Å². The highest BCUT2D eigenvalue weighted by molar-refractivity contribution is 9.10. The Hall–Kier alpha value is -2.00. The van der Waals surface area contributed by atoms with E-state index in [-0.39, 0.29) is 11.3 Å². The minimum atomic E-state index is -0.286. The lowest BCUT2D eigenvalue weighted by Crippen LogP contribution is -2.01. The van der Waals surface area contributed by atoms with Crippen LogP contribution < -0.4 is 5.32 Å². The lowest BCUT2D eigenvalue weighted by Gasteiger charge is -2.09. The normalized spacial score (nSPS) is 8.67. The maximum Gasteiger partial charge on any atom is 0.163 e. The number of anilines is 1. The van der Waals surface area contributed by atoms with Crippen LogP contribution in [0.2, 0.25) is 5.02 Å². The zero-order valence-corrected chi connectivity index (χ0v) is 11.6. The summed E-state index contributed by atoms with van der Waals surface area (Å²) in [6, 6.07) is 8.55. The van der Waals surface area contributed by atoms with Gasteiger partial charge in [0.15, 0.2) is 5.57 Å². The molecule has 0 saturated heterocycles. The Labute approximate surface area is 118 Å². The van der Waals surface area contributed by atoms with E-state index in [0.29, 0.717) is 10.7 Å². The highest BCUT2D eigenvalue weighted by Crippen LogP contribution is 2.30. The fraction of sp³-hybridized carbons (Fsp3) is 0.0833. The molecule has 6 heteroatoms. The summed E-state index contributed by atoms with van der Waals surface area (Å²) in [5.74, 6) is 0. The van der Waals surface area contributed by atoms with E-state index in [1.54, 1.807) is 24.3 Å². The smallest absolute Gasteiger partial charge is 0.163 e. The molecule has 1 aromatic rings. The lowest BCUT2D eigenvalue weighted by atomic mass is 10.2. The summed E-state index contributed by atoms with van der Waals surface area (Å²) in [6.45, 7) is 1.81. The van der Waals surface area contributed by atoms with Crippen LogP contribution in [0.25, 0.3) is 0 Å². The van der Waals surface area contributed by atoms with E-state index in [1.807, 2.05) is 13.0 Å². The Kier molecular flexibility index (Phi) is 4.75. The van der Waals surface area contributed by atoms with Gasteiger partial charge in [0.25, 0.3) is 0 Å². The van der Waals surface area contributed by atoms with E-state index >= 15 is 0 Å². The van der Waals surface area contributed by atoms with Gasteiger partial charge in [0.2, 0.25) is 0 Å². The summed E-state index contributed by atoms with van der Waals surface area (Å²) in [7, 11) is 0. The molecule has 0 heterocycles. The molecular formula is C12H6BrClN4. The first-order valence-electron chi connectivity index (χ1n) is 4.70. The fourth-order valence-electron chi connectivity index (χ4n) is 1.23. The van der Waals surface area contributed by atoms with E-state index < -0.39 is 0 Å². The van der Waals surface area contributed by atoms with Crippen LogP contribution in [0.1, 0.15) is 5.56 Å². The van der Waals surface area contributed by atoms with Gasteiger partial charge < -0.3 is 5.32 Å². The van der Waals surface area contributed by atoms with E-state index in [1.165, 1.54) is 0 Å². The molecule has 0 aliphatic carbocycles. The Morgan fingerprint density at radius 2 is 1.83 bits per heavy atom. The summed E-state index contributed by atoms with van der Waals surface area (Å²) in [4.78, 5) is 0. The first kappa shape index (κ1) is 14.1. The Morgan fingerprint density at radius 1 is 1.22 bits per heavy atom. The number of hydrogen-bond acceptors (Lipinski definition) is 4. The van der Waals surface area contributed by atoms with Crippen molar-refractivity contribution < 1.29 is 0 Å². The quantitative estimate of drug-likeness (QED) is 0.843. The second kappa shape index (κ2) is 6.07. The van der Waals surface area contributed by atoms with Gasteiger partial charge in [-0.2, -0.15) is 15.8 Å². The fourth-order valence-corrected chi connectivity index (χ4v) is 1.96. The molecular weight excluding hydrogens is 316 g/mol. The van der Waals surface area contributed by atoms with Gasteiger partial charge in [-0.25, -0.2) is 0 Å². The monoisotopic (exact) mass is 320 g/mol. The van der Waals surface area contributed by atoms with Gasteiger partial charge in [-0.15, -0.1) is 0 Å². The van der Waals surface area contributed by atoms with E-state index in [2.05, 4.69) is 21.2 Å². The zero-order valence-electron chi connectivity index (χ0n) is 9.25. The lowest BCUT2D eigenvalue weighted by molar-refractivity contribution is 1.36. The predicted molar refractivity (Wildman–Crippen MR) is 71.4 cm³/mol. The molecule has 0 unspecified atom stereocenters. The van der Waals surface area contributed by atoms with Crippen molar-refractivity contribution in [1.29, 1.82) is 15.8 Å². The van der Waals surface area contributed by atoms with E-state index in [9.17, 15) is 0 Å². The van der Waals surface area contributed by atoms with Crippen LogP contribution in [0.5, 0.6) is 0 Å². The van der Waals surface area contributed by atoms with Gasteiger partial charge in [-0.3, -0.25) is 0 Å². The average Bonchev–Trinajstić information content (AvgIpc) is 2.35. The van der Waals surface area contributed by atoms with Crippen molar-refractivity contribution in [3.63, 3.8) is 0 Å². The molecule has 0 radical (unpaired) electrons. The van der Waals surface area contributed by atoms with Gasteiger partial charge in [-0.05, 0) is 24.6 Å². The molecule has 0 fully saturated rings. The summed E-state index contributed by atoms with van der Waals surface area (Å²) in [5.41, 5.74) is 0.856. The third kappa shape index (κ3) is 3.02. The number of nitrogens with one attached hydrogen (secondary N) is 1. The average molecular weight is 322 g/mol. The molecule has 0 saturated carbocycles. The van der Waals surface area contributed by atoms with Crippen molar-refractivity contribution in [3.05, 3.63) is 38.5 Å². The first-order chi connectivity index (χ1) is 8.53. The second-order valence-corrected chi connectivity index (χ2v) is 4.59. The van der Waals surface area contributed by atoms with Crippen LogP contribution in [0.15, 0.2) is 27.9 Å². The second-order valence-electron chi connectivity index (χ2n) is 3.29. The highest BCUT2D eigenvalue weighted by Gasteiger charge is 2.10. The standard InChI is InChI=1S/C12H6BrClN4/c1-7-2-9(13)3-10(12(7)14)18-11(6-17)8(4-15)5-16/h2-3,18H,1H3. The Morgan fingerprint density at radius 3 is 2.33 bits per heavy atom. The van der Waals surface area contributed by atoms with Crippen molar-refractivity contribution >= 4 is 33.2 Å². The summed E-state index contributed by atoms with van der Waals surface area (Å²) in [5, 5.41) is 29.5. The van der Waals surface area contributed by atoms with Crippen molar-refractivity contribution in [1.82, 2.24) is 0 Å². The number of benzene rings is 1. The molecule has 18 heavy (non-hydrogen) atoms. The number of allylic oxidation sites excluding steroid dienone is 2. The maximum atomic E-state index is 8.92. The van der Waals surface area contributed by atoms with E-state index in [0.717, 1.165) is 10.0 Å². The number of rotatable bonds is 2. The van der Waals surface area contributed by atoms with Gasteiger partial charge in [0.1, 0.15) is 23.9 Å². The molecule has 1 N–H and O–H groups in total. The van der Waals surface area contributed by atoms with Crippen molar-refractivity contribution in [2.45, 2.75) is 6.92 Å². The topological polar surface area (TPSA) is 83.4 Å². The third-order valence-electron chi connectivity index (χ3n) is 2.06. The van der Waals surface area contributed by atoms with Crippen LogP contribution in [0.4, 0.5) is 5.69 Å². The van der Waals surface area contributed by atoms with Crippen molar-refractivity contribution in [3.8, 4) is 18.2 Å². The SMILES string of the molecule is Cc1cc(Br)cc(NC(C#N)=C(C#N)C#N)c1Cl. The van der Waals surface area contributed by atoms with Crippen LogP contribution in [0.3, 0.4) is 0 Å². The van der Waals surface area contributed by atoms with Gasteiger partial charge in [0, 0.05) is 4.47 Å². The molecule has 1 rings (SSSR count). The molecule has 0 aromatic heterocycles. The largest absolute Gasteiger partial charge is 0.344 e. The minimum Gasteiger partial charge on any atom is -0.344 e. The Bertz CT molecular complexity index is 628. The molecule has 0 aliphatic heterocycles. The first-order valence-corrected chi connectivity index (χ1v) is 5.87. The molecule has 0 aliphatic rings. The van der Waals surface area contributed by atoms with Crippen LogP contribution in [-0.2, 0) is 0 Å². The van der Waals surface area contributed by atoms with Crippen molar-refractivity contribution in [2.24, 2.45) is 0 Å². The predicted octanol–water partition coefficient (Wildman–Crippen LogP) is 3.65. The molecule has 0 atom stereocenters. The van der Waals surface area contributed by atoms with Gasteiger partial charge in [0.05, 0.1) is 10.7 Å². The minimum absolute atomic E-state index is 0.126. The highest BCUT2D eigenvalue weighted by atomic mass is 79.9. The summed E-state index contributed by atoms with van der Waals surface area (Å²) in [6.07, 6.45) is 0. The molecule has 0 spiro atoms. The Balaban J connectivity index is 3.30. The molecule has 0 bridgehead atoms. The molecule has 88 valence electrons. The maximum absolute atomic E-state index is 8.92. The third-order valence-corrected chi connectivity index (χ3v) is 3.02. The number of aryl methyl sites for hydroxylation is 1. The zero-order chi connectivity index (χ0) is 13.7. The number of hydrogen-bond donors (Lipinski definition) is 1. The summed E-state index contributed by atoms with van der Waals surface area (Å²) >= 11 is 9.38. The van der Waals surface area contributed by atoms with E-state index in [4.69, 9.17) is 27.4 Å². The number of nitriles is 3. The molecule has 4 nitrogen and oxygen atoms in total. The van der Waals surface area contributed by atoms with Crippen LogP contribution in [0, 0.1) is 40.9 Å². The van der Waals surface area contributed by atoms with Crippen LogP contribution in [-0.4, -0.2) is 0 Å². The summed E-state index contributed by atoms with van der Waals surface area (Å²) < 4.78 is 0.777. The van der Waals surface area contributed by atoms with Gasteiger partial charge >= 0.3 is 0 Å². The molecule has 1 aromatic carbocycles. The van der Waals surface area contributed by atoms with Gasteiger partial charge in [-0.1, -0.05) is 27.5 Å². The number of nitrogens with zero attached hydrogens (tertiary/aromatic N) is 3. The number of halogens is 2. The van der Waals surface area contributed by atoms with Crippen LogP contribution >= 0.6 is 27.5 Å².